The van der Waals surface area contributed by atoms with Gasteiger partial charge in [-0.25, -0.2) is 0 Å². The monoisotopic (exact) mass is 236 g/mol. The predicted molar refractivity (Wildman–Crippen MR) is 62.3 cm³/mol. The van der Waals surface area contributed by atoms with Crippen LogP contribution in [0.15, 0.2) is 0 Å². The molecule has 92 valence electrons. The van der Waals surface area contributed by atoms with Crippen molar-refractivity contribution >= 4 is 8.80 Å². The molecule has 0 saturated heterocycles. The number of nitrogens with one attached hydrogen (secondary N) is 1. The Morgan fingerprint density at radius 2 is 1.40 bits per heavy atom. The summed E-state index contributed by atoms with van der Waals surface area (Å²) < 4.78 is 16.9. The van der Waals surface area contributed by atoms with Crippen molar-refractivity contribution in [2.75, 3.05) is 26.4 Å². The van der Waals surface area contributed by atoms with E-state index >= 15 is 0 Å². The molecule has 6 heteroatoms. The molecule has 0 aliphatic rings. The molecule has 15 heavy (non-hydrogen) atoms. The van der Waals surface area contributed by atoms with Crippen LogP contribution in [0.2, 0.25) is 0 Å². The molecule has 0 radical (unpaired) electrons. The lowest BCUT2D eigenvalue weighted by molar-refractivity contribution is 0.0587. The van der Waals surface area contributed by atoms with Gasteiger partial charge in [0, 0.05) is 19.8 Å². The fraction of sp³-hybridized carbons (Fsp3) is 1.00. The summed E-state index contributed by atoms with van der Waals surface area (Å²) in [5, 5.41) is 3.11. The summed E-state index contributed by atoms with van der Waals surface area (Å²) in [5.74, 6) is -0.359. The average molecular weight is 236 g/mol. The van der Waals surface area contributed by atoms with Gasteiger partial charge >= 0.3 is 8.80 Å². The zero-order chi connectivity index (χ0) is 11.7. The van der Waals surface area contributed by atoms with E-state index in [9.17, 15) is 0 Å². The van der Waals surface area contributed by atoms with Crippen LogP contribution in [0.1, 0.15) is 27.7 Å². The Kier molecular flexibility index (Phi) is 8.21. The number of rotatable bonds is 9. The molecule has 0 aliphatic heterocycles. The molecule has 0 saturated carbocycles. The van der Waals surface area contributed by atoms with Crippen molar-refractivity contribution in [3.63, 3.8) is 0 Å². The maximum atomic E-state index is 6.00. The van der Waals surface area contributed by atoms with E-state index in [1.54, 1.807) is 0 Å². The Labute approximate surface area is 93.6 Å². The molecule has 1 unspecified atom stereocenters. The molecule has 0 fully saturated rings. The van der Waals surface area contributed by atoms with Gasteiger partial charge < -0.3 is 19.0 Å². The Bertz CT molecular complexity index is 143. The highest BCUT2D eigenvalue weighted by molar-refractivity contribution is 6.62. The maximum Gasteiger partial charge on any atom is 0.533 e. The maximum absolute atomic E-state index is 6.00. The Morgan fingerprint density at radius 1 is 1.00 bits per heavy atom. The third kappa shape index (κ3) is 4.58. The lowest BCUT2D eigenvalue weighted by Gasteiger charge is -2.33. The number of hydrogen-bond donors (Lipinski definition) is 2. The van der Waals surface area contributed by atoms with Crippen LogP contribution in [0.5, 0.6) is 0 Å². The number of nitrogens with two attached hydrogens (primary N) is 1. The van der Waals surface area contributed by atoms with Crippen molar-refractivity contribution < 1.29 is 13.3 Å². The van der Waals surface area contributed by atoms with Crippen LogP contribution in [0.25, 0.3) is 0 Å². The predicted octanol–water partition coefficient (Wildman–Crippen LogP) is 0.468. The standard InChI is InChI=1S/C9H24N2O3Si/c1-5-11-9(10)15(12-6-2,13-7-3)14-8-4/h9,11H,5-8,10H2,1-4H3. The topological polar surface area (TPSA) is 65.7 Å². The van der Waals surface area contributed by atoms with Gasteiger partial charge in [0.1, 0.15) is 5.79 Å². The van der Waals surface area contributed by atoms with Crippen molar-refractivity contribution in [3.05, 3.63) is 0 Å². The first-order chi connectivity index (χ1) is 7.16. The lowest BCUT2D eigenvalue weighted by Crippen LogP contribution is -2.66. The van der Waals surface area contributed by atoms with Crippen LogP contribution in [-0.4, -0.2) is 41.0 Å². The zero-order valence-electron chi connectivity index (χ0n) is 10.2. The lowest BCUT2D eigenvalue weighted by atomic mass is 10.8. The molecular weight excluding hydrogens is 212 g/mol. The summed E-state index contributed by atoms with van der Waals surface area (Å²) in [6.07, 6.45) is 0. The fourth-order valence-electron chi connectivity index (χ4n) is 1.34. The van der Waals surface area contributed by atoms with E-state index in [1.165, 1.54) is 0 Å². The summed E-state index contributed by atoms with van der Waals surface area (Å²) in [6.45, 7) is 10.1. The molecule has 0 spiro atoms. The third-order valence-electron chi connectivity index (χ3n) is 1.84. The molecule has 5 nitrogen and oxygen atoms in total. The van der Waals surface area contributed by atoms with Gasteiger partial charge in [0.2, 0.25) is 0 Å². The summed E-state index contributed by atoms with van der Waals surface area (Å²) in [6, 6.07) is 0. The first-order valence-corrected chi connectivity index (χ1v) is 7.37. The van der Waals surface area contributed by atoms with Crippen molar-refractivity contribution in [2.24, 2.45) is 5.73 Å². The minimum atomic E-state index is -2.75. The Balaban J connectivity index is 4.57. The highest BCUT2D eigenvalue weighted by atomic mass is 28.4. The molecule has 0 aromatic rings. The van der Waals surface area contributed by atoms with E-state index in [2.05, 4.69) is 5.32 Å². The second-order valence-corrected chi connectivity index (χ2v) is 5.63. The van der Waals surface area contributed by atoms with E-state index in [1.807, 2.05) is 27.7 Å². The molecule has 0 aromatic heterocycles. The van der Waals surface area contributed by atoms with Gasteiger partial charge in [-0.2, -0.15) is 0 Å². The average Bonchev–Trinajstić information content (AvgIpc) is 2.19. The van der Waals surface area contributed by atoms with Gasteiger partial charge in [0.15, 0.2) is 0 Å². The zero-order valence-corrected chi connectivity index (χ0v) is 11.2. The fourth-order valence-corrected chi connectivity index (χ4v) is 3.79. The first-order valence-electron chi connectivity index (χ1n) is 5.57. The molecule has 0 aromatic carbocycles. The highest BCUT2D eigenvalue weighted by Gasteiger charge is 2.47. The van der Waals surface area contributed by atoms with Gasteiger partial charge in [0.05, 0.1) is 0 Å². The van der Waals surface area contributed by atoms with Crippen molar-refractivity contribution in [3.8, 4) is 0 Å². The molecule has 0 amide bonds. The molecular formula is C9H24N2O3Si. The van der Waals surface area contributed by atoms with E-state index < -0.39 is 8.80 Å². The smallest absolute Gasteiger partial charge is 0.372 e. The van der Waals surface area contributed by atoms with Crippen molar-refractivity contribution in [1.29, 1.82) is 0 Å². The van der Waals surface area contributed by atoms with Crippen LogP contribution in [-0.2, 0) is 13.3 Å². The Morgan fingerprint density at radius 3 is 1.67 bits per heavy atom. The summed E-state index contributed by atoms with van der Waals surface area (Å²) in [5.41, 5.74) is 6.00. The quantitative estimate of drug-likeness (QED) is 0.450. The van der Waals surface area contributed by atoms with E-state index in [0.717, 1.165) is 6.54 Å². The highest BCUT2D eigenvalue weighted by Crippen LogP contribution is 2.12. The minimum absolute atomic E-state index is 0.359. The number of hydrogen-bond acceptors (Lipinski definition) is 5. The largest absolute Gasteiger partial charge is 0.533 e. The van der Waals surface area contributed by atoms with Crippen LogP contribution in [0.3, 0.4) is 0 Å². The third-order valence-corrected chi connectivity index (χ3v) is 4.88. The SMILES string of the molecule is CCNC(N)[Si](OCC)(OCC)OCC. The van der Waals surface area contributed by atoms with Crippen molar-refractivity contribution in [1.82, 2.24) is 5.32 Å². The van der Waals surface area contributed by atoms with Gasteiger partial charge in [-0.05, 0) is 27.3 Å². The second kappa shape index (κ2) is 8.20. The molecule has 3 N–H and O–H groups in total. The van der Waals surface area contributed by atoms with Gasteiger partial charge in [0.25, 0.3) is 0 Å². The first kappa shape index (κ1) is 15.0. The van der Waals surface area contributed by atoms with Crippen molar-refractivity contribution in [2.45, 2.75) is 33.5 Å². The van der Waals surface area contributed by atoms with Gasteiger partial charge in [-0.3, -0.25) is 5.32 Å². The van der Waals surface area contributed by atoms with Gasteiger partial charge in [-0.15, -0.1) is 0 Å². The van der Waals surface area contributed by atoms with Crippen LogP contribution in [0, 0.1) is 0 Å². The van der Waals surface area contributed by atoms with Gasteiger partial charge in [-0.1, -0.05) is 6.92 Å². The van der Waals surface area contributed by atoms with E-state index in [-0.39, 0.29) is 5.79 Å². The summed E-state index contributed by atoms with van der Waals surface area (Å²) in [7, 11) is -2.75. The Hall–Kier alpha value is 0.0169. The molecule has 0 bridgehead atoms. The molecule has 1 atom stereocenters. The minimum Gasteiger partial charge on any atom is -0.372 e. The summed E-state index contributed by atoms with van der Waals surface area (Å²) in [4.78, 5) is 0. The summed E-state index contributed by atoms with van der Waals surface area (Å²) >= 11 is 0. The molecule has 0 heterocycles. The van der Waals surface area contributed by atoms with Crippen LogP contribution >= 0.6 is 0 Å². The van der Waals surface area contributed by atoms with E-state index in [4.69, 9.17) is 19.0 Å². The van der Waals surface area contributed by atoms with E-state index in [0.29, 0.717) is 19.8 Å². The second-order valence-electron chi connectivity index (χ2n) is 2.94. The molecule has 0 aliphatic carbocycles. The normalized spacial score (nSPS) is 14.2. The molecule has 0 rings (SSSR count). The van der Waals surface area contributed by atoms with Crippen LogP contribution < -0.4 is 11.1 Å². The van der Waals surface area contributed by atoms with Crippen LogP contribution in [0.4, 0.5) is 0 Å².